The van der Waals surface area contributed by atoms with Gasteiger partial charge in [0.2, 0.25) is 5.91 Å². The van der Waals surface area contributed by atoms with E-state index in [1.54, 1.807) is 6.92 Å². The average Bonchev–Trinajstić information content (AvgIpc) is 2.23. The van der Waals surface area contributed by atoms with Crippen LogP contribution in [0.25, 0.3) is 0 Å². The first kappa shape index (κ1) is 15.9. The van der Waals surface area contributed by atoms with Crippen LogP contribution >= 0.6 is 0 Å². The molecule has 0 heterocycles. The Labute approximate surface area is 103 Å². The van der Waals surface area contributed by atoms with Crippen molar-refractivity contribution in [2.75, 3.05) is 13.1 Å². The lowest BCUT2D eigenvalue weighted by atomic mass is 9.96. The zero-order chi connectivity index (χ0) is 13.5. The molecular weight excluding hydrogens is 220 g/mol. The van der Waals surface area contributed by atoms with Crippen LogP contribution in [-0.2, 0) is 9.59 Å². The maximum Gasteiger partial charge on any atom is 0.323 e. The highest BCUT2D eigenvalue weighted by molar-refractivity contribution is 5.81. The minimum Gasteiger partial charge on any atom is -0.480 e. The van der Waals surface area contributed by atoms with Crippen molar-refractivity contribution in [2.45, 2.75) is 46.1 Å². The number of carbonyl (C=O) groups excluding carboxylic acids is 1. The van der Waals surface area contributed by atoms with Gasteiger partial charge in [0.15, 0.2) is 0 Å². The molecule has 0 radical (unpaired) electrons. The molecule has 0 spiro atoms. The van der Waals surface area contributed by atoms with Crippen LogP contribution in [0.2, 0.25) is 0 Å². The van der Waals surface area contributed by atoms with Crippen LogP contribution in [-0.4, -0.2) is 35.6 Å². The van der Waals surface area contributed by atoms with Gasteiger partial charge in [-0.2, -0.15) is 0 Å². The molecule has 5 heteroatoms. The first-order valence-electron chi connectivity index (χ1n) is 6.07. The lowest BCUT2D eigenvalue weighted by Gasteiger charge is -2.25. The molecule has 0 saturated carbocycles. The number of carboxylic acids is 1. The molecule has 1 amide bonds. The minimum absolute atomic E-state index is 0.0372. The zero-order valence-corrected chi connectivity index (χ0v) is 11.2. The van der Waals surface area contributed by atoms with Gasteiger partial charge >= 0.3 is 5.97 Å². The minimum atomic E-state index is -1.02. The Kier molecular flexibility index (Phi) is 6.80. The van der Waals surface area contributed by atoms with Crippen molar-refractivity contribution >= 4 is 11.9 Å². The van der Waals surface area contributed by atoms with Gasteiger partial charge in [-0.05, 0) is 19.3 Å². The topological polar surface area (TPSA) is 78.4 Å². The van der Waals surface area contributed by atoms with Crippen molar-refractivity contribution in [3.8, 4) is 0 Å². The first-order valence-corrected chi connectivity index (χ1v) is 6.07. The van der Waals surface area contributed by atoms with Crippen LogP contribution in [0.1, 0.15) is 40.5 Å². The van der Waals surface area contributed by atoms with E-state index in [0.717, 1.165) is 6.42 Å². The third-order valence-electron chi connectivity index (χ3n) is 2.57. The second-order valence-electron chi connectivity index (χ2n) is 4.94. The summed E-state index contributed by atoms with van der Waals surface area (Å²) in [6.45, 7) is 8.18. The van der Waals surface area contributed by atoms with Crippen molar-refractivity contribution < 1.29 is 14.7 Å². The van der Waals surface area contributed by atoms with E-state index in [1.165, 1.54) is 0 Å². The maximum atomic E-state index is 11.5. The van der Waals surface area contributed by atoms with Gasteiger partial charge in [0.1, 0.15) is 5.54 Å². The molecule has 0 aliphatic rings. The number of hydrogen-bond donors (Lipinski definition) is 3. The highest BCUT2D eigenvalue weighted by atomic mass is 16.4. The van der Waals surface area contributed by atoms with Crippen LogP contribution < -0.4 is 10.6 Å². The number of carboxylic acid groups (broad SMARTS) is 1. The van der Waals surface area contributed by atoms with Gasteiger partial charge in [-0.3, -0.25) is 14.9 Å². The second-order valence-corrected chi connectivity index (χ2v) is 4.94. The van der Waals surface area contributed by atoms with Crippen molar-refractivity contribution in [3.05, 3.63) is 0 Å². The highest BCUT2D eigenvalue weighted by Crippen LogP contribution is 2.11. The van der Waals surface area contributed by atoms with Gasteiger partial charge in [-0.1, -0.05) is 27.2 Å². The third kappa shape index (κ3) is 6.26. The molecule has 0 saturated heterocycles. The van der Waals surface area contributed by atoms with Crippen molar-refractivity contribution in [1.82, 2.24) is 10.6 Å². The quantitative estimate of drug-likeness (QED) is 0.595. The number of rotatable bonds is 8. The molecule has 1 unspecified atom stereocenters. The predicted octanol–water partition coefficient (Wildman–Crippen LogP) is 0.992. The van der Waals surface area contributed by atoms with Crippen LogP contribution in [0, 0.1) is 5.92 Å². The van der Waals surface area contributed by atoms with Gasteiger partial charge in [0.25, 0.3) is 0 Å². The molecule has 0 rings (SSSR count). The van der Waals surface area contributed by atoms with E-state index in [9.17, 15) is 9.59 Å². The molecule has 0 bridgehead atoms. The molecule has 0 aromatic rings. The Bertz CT molecular complexity index is 266. The number of carbonyl (C=O) groups is 2. The lowest BCUT2D eigenvalue weighted by molar-refractivity contribution is -0.144. The summed E-state index contributed by atoms with van der Waals surface area (Å²) >= 11 is 0. The van der Waals surface area contributed by atoms with Crippen LogP contribution in [0.3, 0.4) is 0 Å². The zero-order valence-electron chi connectivity index (χ0n) is 11.2. The van der Waals surface area contributed by atoms with Gasteiger partial charge in [0.05, 0.1) is 6.54 Å². The molecule has 0 fully saturated rings. The monoisotopic (exact) mass is 244 g/mol. The van der Waals surface area contributed by atoms with E-state index in [1.807, 2.05) is 20.8 Å². The highest BCUT2D eigenvalue weighted by Gasteiger charge is 2.31. The standard InChI is InChI=1S/C12H24N2O3/c1-5-6-12(4,11(16)17)14-8-10(15)13-7-9(2)3/h9,14H,5-8H2,1-4H3,(H,13,15)(H,16,17). The van der Waals surface area contributed by atoms with E-state index in [2.05, 4.69) is 10.6 Å². The molecule has 0 aromatic heterocycles. The summed E-state index contributed by atoms with van der Waals surface area (Å²) in [6.07, 6.45) is 1.25. The second kappa shape index (κ2) is 7.27. The molecule has 0 aliphatic heterocycles. The van der Waals surface area contributed by atoms with Crippen LogP contribution in [0.4, 0.5) is 0 Å². The number of nitrogens with one attached hydrogen (secondary N) is 2. The molecule has 5 nitrogen and oxygen atoms in total. The van der Waals surface area contributed by atoms with Crippen molar-refractivity contribution in [1.29, 1.82) is 0 Å². The predicted molar refractivity (Wildman–Crippen MR) is 66.8 cm³/mol. The fourth-order valence-corrected chi connectivity index (χ4v) is 1.43. The number of aliphatic carboxylic acids is 1. The SMILES string of the molecule is CCCC(C)(NCC(=O)NCC(C)C)C(=O)O. The maximum absolute atomic E-state index is 11.5. The number of amides is 1. The lowest BCUT2D eigenvalue weighted by Crippen LogP contribution is -2.52. The Hall–Kier alpha value is -1.10. The largest absolute Gasteiger partial charge is 0.480 e. The summed E-state index contributed by atoms with van der Waals surface area (Å²) in [5.41, 5.74) is -1.02. The molecule has 0 aromatic carbocycles. The van der Waals surface area contributed by atoms with E-state index in [-0.39, 0.29) is 12.5 Å². The molecule has 3 N–H and O–H groups in total. The van der Waals surface area contributed by atoms with E-state index in [0.29, 0.717) is 18.9 Å². The third-order valence-corrected chi connectivity index (χ3v) is 2.57. The molecule has 100 valence electrons. The van der Waals surface area contributed by atoms with Gasteiger partial charge in [0, 0.05) is 6.54 Å². The van der Waals surface area contributed by atoms with Crippen LogP contribution in [0.5, 0.6) is 0 Å². The van der Waals surface area contributed by atoms with Gasteiger partial charge < -0.3 is 10.4 Å². The first-order chi connectivity index (χ1) is 7.81. The Morgan fingerprint density at radius 2 is 1.94 bits per heavy atom. The summed E-state index contributed by atoms with van der Waals surface area (Å²) in [7, 11) is 0. The summed E-state index contributed by atoms with van der Waals surface area (Å²) in [5, 5.41) is 14.7. The van der Waals surface area contributed by atoms with Crippen molar-refractivity contribution in [3.63, 3.8) is 0 Å². The van der Waals surface area contributed by atoms with Gasteiger partial charge in [-0.25, -0.2) is 0 Å². The fourth-order valence-electron chi connectivity index (χ4n) is 1.43. The normalized spacial score (nSPS) is 14.4. The molecule has 17 heavy (non-hydrogen) atoms. The molecule has 0 aliphatic carbocycles. The van der Waals surface area contributed by atoms with Crippen molar-refractivity contribution in [2.24, 2.45) is 5.92 Å². The van der Waals surface area contributed by atoms with E-state index >= 15 is 0 Å². The fraction of sp³-hybridized carbons (Fsp3) is 0.833. The Morgan fingerprint density at radius 3 is 2.35 bits per heavy atom. The summed E-state index contributed by atoms with van der Waals surface area (Å²) in [4.78, 5) is 22.6. The average molecular weight is 244 g/mol. The van der Waals surface area contributed by atoms with Gasteiger partial charge in [-0.15, -0.1) is 0 Å². The summed E-state index contributed by atoms with van der Waals surface area (Å²) in [6, 6.07) is 0. The smallest absolute Gasteiger partial charge is 0.323 e. The number of hydrogen-bond acceptors (Lipinski definition) is 3. The van der Waals surface area contributed by atoms with Crippen LogP contribution in [0.15, 0.2) is 0 Å². The molecular formula is C12H24N2O3. The summed E-state index contributed by atoms with van der Waals surface area (Å²) in [5.74, 6) is -0.696. The summed E-state index contributed by atoms with van der Waals surface area (Å²) < 4.78 is 0. The van der Waals surface area contributed by atoms with E-state index in [4.69, 9.17) is 5.11 Å². The van der Waals surface area contributed by atoms with E-state index < -0.39 is 11.5 Å². The Balaban J connectivity index is 4.13. The molecule has 1 atom stereocenters. The Morgan fingerprint density at radius 1 is 1.35 bits per heavy atom.